The van der Waals surface area contributed by atoms with Gasteiger partial charge in [-0.1, -0.05) is 49.4 Å². The van der Waals surface area contributed by atoms with Crippen LogP contribution < -0.4 is 5.32 Å². The summed E-state index contributed by atoms with van der Waals surface area (Å²) in [4.78, 5) is 27.9. The van der Waals surface area contributed by atoms with E-state index in [4.69, 9.17) is 5.26 Å². The Balaban J connectivity index is 1.88. The lowest BCUT2D eigenvalue weighted by Crippen LogP contribution is -2.56. The average Bonchev–Trinajstić information content (AvgIpc) is 3.00. The third-order valence-electron chi connectivity index (χ3n) is 5.11. The first-order valence-electron chi connectivity index (χ1n) is 9.70. The van der Waals surface area contributed by atoms with Crippen LogP contribution in [0.15, 0.2) is 54.6 Å². The number of benzene rings is 2. The molecule has 1 aliphatic heterocycles. The molecule has 1 unspecified atom stereocenters. The third-order valence-corrected chi connectivity index (χ3v) is 5.11. The van der Waals surface area contributed by atoms with Gasteiger partial charge in [-0.15, -0.1) is 0 Å². The highest BCUT2D eigenvalue weighted by Gasteiger charge is 2.68. The first-order valence-corrected chi connectivity index (χ1v) is 9.70. The average molecular weight is 430 g/mol. The molecule has 0 spiro atoms. The van der Waals surface area contributed by atoms with Crippen LogP contribution in [0.3, 0.4) is 0 Å². The number of hydrogen-bond donors (Lipinski definition) is 1. The molecular weight excluding hydrogens is 409 g/mol. The number of rotatable bonds is 7. The maximum absolute atomic E-state index is 14.1. The molecule has 1 heterocycles. The molecule has 1 fully saturated rings. The van der Waals surface area contributed by atoms with Gasteiger partial charge < -0.3 is 5.32 Å². The number of hydrogen-bond acceptors (Lipinski definition) is 4. The molecule has 0 aliphatic carbocycles. The second-order valence-electron chi connectivity index (χ2n) is 7.28. The van der Waals surface area contributed by atoms with E-state index in [1.165, 1.54) is 30.3 Å². The van der Waals surface area contributed by atoms with E-state index in [-0.39, 0.29) is 12.2 Å². The molecule has 3 rings (SSSR count). The zero-order chi connectivity index (χ0) is 22.6. The fraction of sp³-hybridized carbons (Fsp3) is 0.318. The van der Waals surface area contributed by atoms with E-state index in [0.717, 1.165) is 5.56 Å². The van der Waals surface area contributed by atoms with Crippen LogP contribution in [0.25, 0.3) is 0 Å². The highest BCUT2D eigenvalue weighted by molar-refractivity contribution is 6.08. The van der Waals surface area contributed by atoms with Crippen molar-refractivity contribution >= 4 is 11.9 Å². The number of nitriles is 1. The van der Waals surface area contributed by atoms with Crippen LogP contribution in [0.5, 0.6) is 0 Å². The van der Waals surface area contributed by atoms with E-state index in [2.05, 4.69) is 0 Å². The summed E-state index contributed by atoms with van der Waals surface area (Å²) in [5, 5.41) is 10.8. The lowest BCUT2D eigenvalue weighted by atomic mass is 9.89. The van der Waals surface area contributed by atoms with Crippen molar-refractivity contribution in [2.24, 2.45) is 0 Å². The largest absolute Gasteiger partial charge is 0.425 e. The van der Waals surface area contributed by atoms with Gasteiger partial charge in [-0.2, -0.15) is 18.4 Å². The Bertz CT molecular complexity index is 987. The van der Waals surface area contributed by atoms with E-state index in [1.807, 2.05) is 18.3 Å². The zero-order valence-corrected chi connectivity index (χ0v) is 16.8. The summed E-state index contributed by atoms with van der Waals surface area (Å²) in [6.07, 6.45) is -4.35. The number of alkyl halides is 3. The molecule has 0 bridgehead atoms. The molecule has 2 aromatic carbocycles. The zero-order valence-electron chi connectivity index (χ0n) is 16.8. The van der Waals surface area contributed by atoms with E-state index >= 15 is 0 Å². The van der Waals surface area contributed by atoms with Crippen LogP contribution in [0.4, 0.5) is 18.0 Å². The van der Waals surface area contributed by atoms with E-state index in [0.29, 0.717) is 30.0 Å². The predicted molar refractivity (Wildman–Crippen MR) is 106 cm³/mol. The minimum absolute atomic E-state index is 0.289. The second-order valence-corrected chi connectivity index (χ2v) is 7.28. The Kier molecular flexibility index (Phi) is 6.32. The molecule has 1 atom stereocenters. The standard InChI is InChI=1S/C22H21F3N4O2/c1-2-12-28(14-17-10-8-16(13-26)9-11-17)15-29-19(30)21(22(23,24)25,27-20(29)31)18-6-4-3-5-7-18/h3-11H,2,12,14-15H2,1H3,(H,27,31). The fourth-order valence-electron chi connectivity index (χ4n) is 3.60. The minimum atomic E-state index is -5.02. The molecular formula is C22H21F3N4O2. The molecule has 9 heteroatoms. The van der Waals surface area contributed by atoms with Gasteiger partial charge >= 0.3 is 12.2 Å². The maximum Gasteiger partial charge on any atom is 0.425 e. The van der Waals surface area contributed by atoms with Gasteiger partial charge in [0.1, 0.15) is 0 Å². The van der Waals surface area contributed by atoms with Gasteiger partial charge in [0, 0.05) is 6.54 Å². The molecule has 0 radical (unpaired) electrons. The van der Waals surface area contributed by atoms with Crippen LogP contribution in [0.2, 0.25) is 0 Å². The lowest BCUT2D eigenvalue weighted by Gasteiger charge is -2.30. The van der Waals surface area contributed by atoms with Crippen LogP contribution in [-0.4, -0.2) is 41.1 Å². The van der Waals surface area contributed by atoms with Crippen LogP contribution >= 0.6 is 0 Å². The third kappa shape index (κ3) is 4.25. The summed E-state index contributed by atoms with van der Waals surface area (Å²) < 4.78 is 42.3. The number of halogens is 3. The summed E-state index contributed by atoms with van der Waals surface area (Å²) in [6.45, 7) is 2.37. The Hall–Kier alpha value is -3.38. The smallest absolute Gasteiger partial charge is 0.312 e. The van der Waals surface area contributed by atoms with Crippen molar-refractivity contribution in [3.05, 3.63) is 71.3 Å². The van der Waals surface area contributed by atoms with Gasteiger partial charge in [0.2, 0.25) is 5.54 Å². The van der Waals surface area contributed by atoms with Crippen molar-refractivity contribution in [1.29, 1.82) is 5.26 Å². The highest BCUT2D eigenvalue weighted by Crippen LogP contribution is 2.43. The number of imide groups is 1. The van der Waals surface area contributed by atoms with Crippen molar-refractivity contribution in [3.8, 4) is 6.07 Å². The van der Waals surface area contributed by atoms with Crippen molar-refractivity contribution in [2.45, 2.75) is 31.6 Å². The molecule has 1 aliphatic rings. The molecule has 162 valence electrons. The van der Waals surface area contributed by atoms with Gasteiger partial charge in [0.05, 0.1) is 18.3 Å². The Labute approximate surface area is 177 Å². The lowest BCUT2D eigenvalue weighted by molar-refractivity contribution is -0.198. The number of nitrogens with zero attached hydrogens (tertiary/aromatic N) is 3. The summed E-state index contributed by atoms with van der Waals surface area (Å²) in [7, 11) is 0. The predicted octanol–water partition coefficient (Wildman–Crippen LogP) is 3.74. The van der Waals surface area contributed by atoms with Gasteiger partial charge in [-0.25, -0.2) is 9.69 Å². The number of nitrogens with one attached hydrogen (secondary N) is 1. The molecule has 1 saturated heterocycles. The molecule has 3 amide bonds. The Morgan fingerprint density at radius 3 is 2.29 bits per heavy atom. The van der Waals surface area contributed by atoms with E-state index < -0.39 is 23.7 Å². The number of amides is 3. The van der Waals surface area contributed by atoms with E-state index in [1.54, 1.807) is 29.2 Å². The van der Waals surface area contributed by atoms with Crippen LogP contribution in [-0.2, 0) is 16.9 Å². The van der Waals surface area contributed by atoms with Crippen LogP contribution in [0.1, 0.15) is 30.0 Å². The quantitative estimate of drug-likeness (QED) is 0.679. The van der Waals surface area contributed by atoms with Crippen molar-refractivity contribution in [1.82, 2.24) is 15.1 Å². The molecule has 1 N–H and O–H groups in total. The molecule has 0 saturated carbocycles. The van der Waals surface area contributed by atoms with E-state index in [9.17, 15) is 22.8 Å². The normalized spacial score (nSPS) is 18.9. The Morgan fingerprint density at radius 1 is 1.10 bits per heavy atom. The first-order chi connectivity index (χ1) is 14.7. The number of carbonyl (C=O) groups excluding carboxylic acids is 2. The monoisotopic (exact) mass is 430 g/mol. The molecule has 6 nitrogen and oxygen atoms in total. The van der Waals surface area contributed by atoms with Crippen LogP contribution in [0, 0.1) is 11.3 Å². The summed E-state index contributed by atoms with van der Waals surface area (Å²) in [6, 6.07) is 14.3. The van der Waals surface area contributed by atoms with Gasteiger partial charge in [0.25, 0.3) is 5.91 Å². The number of urea groups is 1. The fourth-order valence-corrected chi connectivity index (χ4v) is 3.60. The second kappa shape index (κ2) is 8.78. The Morgan fingerprint density at radius 2 is 1.74 bits per heavy atom. The SMILES string of the molecule is CCCN(Cc1ccc(C#N)cc1)CN1C(=O)NC(c2ccccc2)(C(F)(F)F)C1=O. The number of carbonyl (C=O) groups is 2. The topological polar surface area (TPSA) is 76.4 Å². The molecule has 31 heavy (non-hydrogen) atoms. The molecule has 2 aromatic rings. The summed E-state index contributed by atoms with van der Waals surface area (Å²) in [5.74, 6) is -1.35. The highest BCUT2D eigenvalue weighted by atomic mass is 19.4. The first kappa shape index (κ1) is 22.3. The van der Waals surface area contributed by atoms with Gasteiger partial charge in [-0.05, 0) is 36.2 Å². The van der Waals surface area contributed by atoms with Gasteiger partial charge in [-0.3, -0.25) is 9.69 Å². The van der Waals surface area contributed by atoms with Crippen molar-refractivity contribution in [2.75, 3.05) is 13.2 Å². The van der Waals surface area contributed by atoms with Crippen molar-refractivity contribution < 1.29 is 22.8 Å². The van der Waals surface area contributed by atoms with Crippen molar-refractivity contribution in [3.63, 3.8) is 0 Å². The summed E-state index contributed by atoms with van der Waals surface area (Å²) in [5.41, 5.74) is -2.16. The maximum atomic E-state index is 14.1. The van der Waals surface area contributed by atoms with Gasteiger partial charge in [0.15, 0.2) is 0 Å². The summed E-state index contributed by atoms with van der Waals surface area (Å²) >= 11 is 0. The minimum Gasteiger partial charge on any atom is -0.312 e. The molecule has 0 aromatic heterocycles.